The van der Waals surface area contributed by atoms with Gasteiger partial charge in [-0.2, -0.15) is 92.2 Å². The van der Waals surface area contributed by atoms with Gasteiger partial charge in [-0.15, -0.1) is 0 Å². The van der Waals surface area contributed by atoms with Crippen molar-refractivity contribution in [2.75, 3.05) is 0 Å². The lowest BCUT2D eigenvalue weighted by atomic mass is 9.88. The number of benzene rings is 17. The zero-order chi connectivity index (χ0) is 103. The lowest BCUT2D eigenvalue weighted by molar-refractivity contribution is -0.138. The number of hydrogen-bond acceptors (Lipinski definition) is 6. The number of para-hydroxylation sites is 1. The van der Waals surface area contributed by atoms with Gasteiger partial charge in [-0.25, -0.2) is 29.9 Å². The molecule has 17 aromatic carbocycles. The molecule has 0 aliphatic rings. The molecule has 0 saturated heterocycles. The highest BCUT2D eigenvalue weighted by Gasteiger charge is 2.43. The summed E-state index contributed by atoms with van der Waals surface area (Å²) in [7, 11) is 0. The molecule has 21 aromatic rings. The summed E-state index contributed by atoms with van der Waals surface area (Å²) in [5.74, 6) is 0.571. The maximum absolute atomic E-state index is 15.6. The molecule has 0 radical (unpaired) electrons. The van der Waals surface area contributed by atoms with Crippen LogP contribution in [0.1, 0.15) is 55.6 Å². The number of halogens is 21. The lowest BCUT2D eigenvalue weighted by Gasteiger charge is -2.24. The molecular formula is C118H71F21N8. The highest BCUT2D eigenvalue weighted by atomic mass is 19.4. The summed E-state index contributed by atoms with van der Waals surface area (Å²) in [6.07, 6.45) is -34.1. The molecule has 4 aromatic heterocycles. The van der Waals surface area contributed by atoms with Gasteiger partial charge in [0, 0.05) is 77.2 Å². The first kappa shape index (κ1) is 97.3. The third-order valence-corrected chi connectivity index (χ3v) is 25.3. The van der Waals surface area contributed by atoms with Crippen molar-refractivity contribution >= 4 is 43.6 Å². The Morgan fingerprint density at radius 1 is 0.163 bits per heavy atom. The van der Waals surface area contributed by atoms with E-state index in [1.165, 1.54) is 152 Å². The van der Waals surface area contributed by atoms with Crippen LogP contribution in [0.15, 0.2) is 376 Å². The summed E-state index contributed by atoms with van der Waals surface area (Å²) in [5, 5.41) is 1.53. The quantitative estimate of drug-likeness (QED) is 0.0951. The van der Waals surface area contributed by atoms with E-state index in [9.17, 15) is 39.5 Å². The Hall–Kier alpha value is -17.1. The van der Waals surface area contributed by atoms with Crippen LogP contribution in [0.25, 0.3) is 201 Å². The van der Waals surface area contributed by atoms with E-state index in [-0.39, 0.29) is 152 Å². The number of alkyl halides is 21. The molecule has 0 spiro atoms. The summed E-state index contributed by atoms with van der Waals surface area (Å²) in [4.78, 5) is 28.8. The third-order valence-electron chi connectivity index (χ3n) is 25.3. The van der Waals surface area contributed by atoms with Crippen LogP contribution in [0.4, 0.5) is 92.2 Å². The molecule has 0 fully saturated rings. The highest BCUT2D eigenvalue weighted by Crippen LogP contribution is 2.55. The number of nitrogens with zero attached hydrogens (tertiary/aromatic N) is 8. The first-order valence-corrected chi connectivity index (χ1v) is 45.5. The molecular weight excluding hydrogens is 1930 g/mol. The summed E-state index contributed by atoms with van der Waals surface area (Å²) < 4.78 is 317. The van der Waals surface area contributed by atoms with E-state index >= 15 is 52.7 Å². The maximum Gasteiger partial charge on any atom is 0.417 e. The van der Waals surface area contributed by atoms with Crippen molar-refractivity contribution in [1.29, 1.82) is 0 Å². The highest BCUT2D eigenvalue weighted by molar-refractivity contribution is 6.15. The van der Waals surface area contributed by atoms with E-state index in [2.05, 4.69) is 0 Å². The molecule has 0 atom stereocenters. The molecule has 730 valence electrons. The number of rotatable bonds is 15. The molecule has 147 heavy (non-hydrogen) atoms. The average molecular weight is 2000 g/mol. The molecule has 0 aliphatic carbocycles. The van der Waals surface area contributed by atoms with Gasteiger partial charge in [0.25, 0.3) is 0 Å². The lowest BCUT2D eigenvalue weighted by Crippen LogP contribution is -2.11. The van der Waals surface area contributed by atoms with Crippen LogP contribution in [0.5, 0.6) is 0 Å². The van der Waals surface area contributed by atoms with Gasteiger partial charge in [-0.3, -0.25) is 0 Å². The summed E-state index contributed by atoms with van der Waals surface area (Å²) in [6, 6.07) is 91.2. The van der Waals surface area contributed by atoms with E-state index < -0.39 is 93.3 Å². The van der Waals surface area contributed by atoms with E-state index in [1.54, 1.807) is 193 Å². The second-order valence-electron chi connectivity index (χ2n) is 35.2. The van der Waals surface area contributed by atoms with E-state index in [0.29, 0.717) is 55.2 Å². The van der Waals surface area contributed by atoms with Crippen molar-refractivity contribution < 1.29 is 92.2 Å². The second kappa shape index (κ2) is 37.6. The van der Waals surface area contributed by atoms with E-state index in [4.69, 9.17) is 29.9 Å². The van der Waals surface area contributed by atoms with Crippen LogP contribution in [-0.2, 0) is 43.2 Å². The number of aryl methyl sites for hydroxylation is 3. The molecule has 4 heterocycles. The molecule has 0 N–H and O–H groups in total. The van der Waals surface area contributed by atoms with Gasteiger partial charge in [0.2, 0.25) is 0 Å². The SMILES string of the molecule is Cc1cc(-c2ccc3c(c2)c2cc(-c4cc(C)cc(C(F)(F)F)c4)ccc2n3-c2c(-c3ccccc3C(F)(F)F)cc(-c3nc(-c4ccccc4)nc(-c4ccccc4)n3)cc2-c2ccccc2C(F)(F)F)cc(C(F)(F)F)c1.Cc1cc(-c2ccc3c(c2)c2ccccc2n3-c2c(-c3ccccc3C(F)(F)F)cc(-c3nc(-c4ccccc4)nc(-c4ccccc4)n3)cc2-c2ccccc2C(F)(F)F)cc(C(F)(F)F)c1. The first-order valence-electron chi connectivity index (χ1n) is 45.5. The Labute approximate surface area is 823 Å². The number of fused-ring (bicyclic) bond motifs is 6. The molecule has 0 unspecified atom stereocenters. The fourth-order valence-corrected chi connectivity index (χ4v) is 18.9. The zero-order valence-corrected chi connectivity index (χ0v) is 76.8. The topological polar surface area (TPSA) is 87.2 Å². The molecule has 29 heteroatoms. The maximum atomic E-state index is 15.6. The van der Waals surface area contributed by atoms with Crippen molar-refractivity contribution in [2.45, 2.75) is 64.0 Å². The zero-order valence-electron chi connectivity index (χ0n) is 76.8. The van der Waals surface area contributed by atoms with Gasteiger partial charge in [0.1, 0.15) is 0 Å². The van der Waals surface area contributed by atoms with Crippen LogP contribution in [0.3, 0.4) is 0 Å². The number of aromatic nitrogens is 8. The van der Waals surface area contributed by atoms with Crippen molar-refractivity contribution in [3.05, 3.63) is 432 Å². The van der Waals surface area contributed by atoms with Crippen LogP contribution in [-0.4, -0.2) is 39.0 Å². The largest absolute Gasteiger partial charge is 0.417 e. The van der Waals surface area contributed by atoms with Crippen LogP contribution < -0.4 is 0 Å². The van der Waals surface area contributed by atoms with Gasteiger partial charge in [-0.1, -0.05) is 249 Å². The normalized spacial score (nSPS) is 12.4. The summed E-state index contributed by atoms with van der Waals surface area (Å²) in [5.41, 5.74) is -3.94. The van der Waals surface area contributed by atoms with E-state index in [1.807, 2.05) is 0 Å². The fourth-order valence-electron chi connectivity index (χ4n) is 18.9. The Morgan fingerprint density at radius 2 is 0.381 bits per heavy atom. The van der Waals surface area contributed by atoms with Crippen LogP contribution >= 0.6 is 0 Å². The predicted octanol–water partition coefficient (Wildman–Crippen LogP) is 35.7. The molecule has 0 amide bonds. The number of hydrogen-bond donors (Lipinski definition) is 0. The Kier molecular flexibility index (Phi) is 24.9. The summed E-state index contributed by atoms with van der Waals surface area (Å²) in [6.45, 7) is 4.52. The fraction of sp³-hybridized carbons (Fsp3) is 0.0847. The van der Waals surface area contributed by atoms with Crippen molar-refractivity contribution in [1.82, 2.24) is 39.0 Å². The van der Waals surface area contributed by atoms with Crippen molar-refractivity contribution in [2.24, 2.45) is 0 Å². The predicted molar refractivity (Wildman–Crippen MR) is 528 cm³/mol. The third kappa shape index (κ3) is 19.4. The van der Waals surface area contributed by atoms with E-state index in [0.717, 1.165) is 60.7 Å². The standard InChI is InChI=1S/C63H38F12N4.C55H33F9N4/c1-35-25-41(29-44(27-35)60(64,65)66)39-21-23-54-48(31-39)49-32-40(42-26-36(2)28-45(30-42)61(67,68)69)22-24-55(49)79(54)56-50(46-17-9-11-19-52(46)62(70,71)72)33-43(34-51(56)47-18-10-12-20-53(47)63(73,74)75)59-77-57(37-13-5-3-6-14-37)76-58(78-59)38-15-7-4-8-16-38;1-32-26-36(28-38(27-32)53(56,57)58)35-24-25-48-42(29-35)41-20-10-13-23-47(41)68(48)49-43(39-18-8-11-21-45(39)54(59,60)61)30-37(31-44(49)40-19-9-12-22-46(40)55(62,63)64)52-66-50(33-14-4-2-5-15-33)65-51(67-52)34-16-6-3-7-17-34/h3-34H,1-2H3;2-31H,1H3. The van der Waals surface area contributed by atoms with Crippen molar-refractivity contribution in [3.63, 3.8) is 0 Å². The Bertz CT molecular complexity index is 8310. The monoisotopic (exact) mass is 2000 g/mol. The Balaban J connectivity index is 0.000000181. The molecule has 0 bridgehead atoms. The second-order valence-corrected chi connectivity index (χ2v) is 35.2. The average Bonchev–Trinajstić information content (AvgIpc) is 1.61. The van der Waals surface area contributed by atoms with Crippen LogP contribution in [0.2, 0.25) is 0 Å². The van der Waals surface area contributed by atoms with Gasteiger partial charge in [-0.05, 0) is 220 Å². The molecule has 21 rings (SSSR count). The minimum Gasteiger partial charge on any atom is -0.308 e. The van der Waals surface area contributed by atoms with Crippen molar-refractivity contribution in [3.8, 4) is 158 Å². The molecule has 8 nitrogen and oxygen atoms in total. The molecule has 0 saturated carbocycles. The van der Waals surface area contributed by atoms with Crippen LogP contribution in [0, 0.1) is 20.8 Å². The van der Waals surface area contributed by atoms with Gasteiger partial charge >= 0.3 is 43.2 Å². The summed E-state index contributed by atoms with van der Waals surface area (Å²) >= 11 is 0. The first-order chi connectivity index (χ1) is 70.0. The molecule has 0 aliphatic heterocycles. The van der Waals surface area contributed by atoms with Gasteiger partial charge in [0.15, 0.2) is 34.9 Å². The van der Waals surface area contributed by atoms with Gasteiger partial charge in [0.05, 0.1) is 72.4 Å². The Morgan fingerprint density at radius 3 is 0.633 bits per heavy atom. The smallest absolute Gasteiger partial charge is 0.308 e. The minimum absolute atomic E-state index is 0.00959. The minimum atomic E-state index is -5.04. The van der Waals surface area contributed by atoms with Gasteiger partial charge < -0.3 is 9.13 Å².